The molecule has 0 unspecified atom stereocenters. The van der Waals surface area contributed by atoms with Gasteiger partial charge < -0.3 is 0 Å². The maximum absolute atomic E-state index is 3.36. The highest BCUT2D eigenvalue weighted by atomic mass is 79.9. The molecule has 0 aliphatic carbocycles. The Hall–Kier alpha value is -0.560. The molecular formula is C11H13Br. The molecule has 0 atom stereocenters. The van der Waals surface area contributed by atoms with Gasteiger partial charge >= 0.3 is 0 Å². The van der Waals surface area contributed by atoms with Gasteiger partial charge in [0.05, 0.1) is 0 Å². The largest absolute Gasteiger partial charge is 0.0883 e. The van der Waals surface area contributed by atoms with Crippen LogP contribution < -0.4 is 0 Å². The third-order valence-electron chi connectivity index (χ3n) is 1.76. The van der Waals surface area contributed by atoms with Crippen molar-refractivity contribution >= 4 is 22.0 Å². The lowest BCUT2D eigenvalue weighted by atomic mass is 10.1. The average Bonchev–Trinajstić information content (AvgIpc) is 2.15. The van der Waals surface area contributed by atoms with Crippen molar-refractivity contribution in [1.82, 2.24) is 0 Å². The molecule has 1 aromatic carbocycles. The summed E-state index contributed by atoms with van der Waals surface area (Å²) in [6.45, 7) is 2.17. The van der Waals surface area contributed by atoms with Gasteiger partial charge in [0, 0.05) is 5.33 Å². The lowest BCUT2D eigenvalue weighted by Gasteiger charge is -1.97. The molecule has 0 aromatic heterocycles. The van der Waals surface area contributed by atoms with Crippen molar-refractivity contribution in [2.24, 2.45) is 0 Å². The number of allylic oxidation sites excluding steroid dienone is 1. The fraction of sp³-hybridized carbons (Fsp3) is 0.273. The summed E-state index contributed by atoms with van der Waals surface area (Å²) in [6.07, 6.45) is 5.35. The minimum absolute atomic E-state index is 0.920. The minimum Gasteiger partial charge on any atom is -0.0883 e. The van der Waals surface area contributed by atoms with Crippen molar-refractivity contribution in [2.45, 2.75) is 13.3 Å². The SMILES string of the molecule is CCc1cccc(C=CCBr)c1. The molecule has 0 radical (unpaired) electrons. The zero-order valence-electron chi connectivity index (χ0n) is 7.26. The first-order chi connectivity index (χ1) is 5.86. The number of hydrogen-bond acceptors (Lipinski definition) is 0. The Morgan fingerprint density at radius 1 is 1.42 bits per heavy atom. The predicted octanol–water partition coefficient (Wildman–Crippen LogP) is 3.66. The van der Waals surface area contributed by atoms with Crippen LogP contribution in [0.25, 0.3) is 6.08 Å². The van der Waals surface area contributed by atoms with Crippen LogP contribution in [0, 0.1) is 0 Å². The van der Waals surface area contributed by atoms with Crippen LogP contribution in [0.5, 0.6) is 0 Å². The first kappa shape index (κ1) is 9.53. The number of aryl methyl sites for hydroxylation is 1. The lowest BCUT2D eigenvalue weighted by Crippen LogP contribution is -1.80. The molecule has 0 fully saturated rings. The second-order valence-corrected chi connectivity index (χ2v) is 3.30. The zero-order valence-corrected chi connectivity index (χ0v) is 8.84. The van der Waals surface area contributed by atoms with E-state index in [9.17, 15) is 0 Å². The van der Waals surface area contributed by atoms with E-state index in [1.165, 1.54) is 11.1 Å². The highest BCUT2D eigenvalue weighted by Gasteiger charge is 1.88. The van der Waals surface area contributed by atoms with Gasteiger partial charge in [0.1, 0.15) is 0 Å². The van der Waals surface area contributed by atoms with Gasteiger partial charge in [-0.2, -0.15) is 0 Å². The van der Waals surface area contributed by atoms with Crippen LogP contribution in [0.15, 0.2) is 30.3 Å². The van der Waals surface area contributed by atoms with E-state index in [1.807, 2.05) is 0 Å². The maximum Gasteiger partial charge on any atom is 0.0215 e. The van der Waals surface area contributed by atoms with Crippen molar-refractivity contribution in [1.29, 1.82) is 0 Å². The van der Waals surface area contributed by atoms with E-state index >= 15 is 0 Å². The van der Waals surface area contributed by atoms with Gasteiger partial charge in [0.25, 0.3) is 0 Å². The highest BCUT2D eigenvalue weighted by molar-refractivity contribution is 9.09. The van der Waals surface area contributed by atoms with Crippen LogP contribution in [0.4, 0.5) is 0 Å². The Balaban J connectivity index is 2.79. The summed E-state index contributed by atoms with van der Waals surface area (Å²) < 4.78 is 0. The van der Waals surface area contributed by atoms with Gasteiger partial charge in [-0.3, -0.25) is 0 Å². The molecule has 64 valence electrons. The molecule has 0 spiro atoms. The van der Waals surface area contributed by atoms with Crippen molar-refractivity contribution in [3.63, 3.8) is 0 Å². The van der Waals surface area contributed by atoms with Gasteiger partial charge in [-0.15, -0.1) is 0 Å². The fourth-order valence-corrected chi connectivity index (χ4v) is 1.28. The van der Waals surface area contributed by atoms with Crippen molar-refractivity contribution in [3.8, 4) is 0 Å². The molecule has 1 rings (SSSR count). The maximum atomic E-state index is 3.36. The van der Waals surface area contributed by atoms with Crippen LogP contribution in [-0.4, -0.2) is 5.33 Å². The van der Waals surface area contributed by atoms with Crippen molar-refractivity contribution < 1.29 is 0 Å². The average molecular weight is 225 g/mol. The first-order valence-electron chi connectivity index (χ1n) is 4.18. The van der Waals surface area contributed by atoms with Gasteiger partial charge in [-0.05, 0) is 17.5 Å². The molecule has 0 saturated heterocycles. The van der Waals surface area contributed by atoms with Crippen LogP contribution in [0.1, 0.15) is 18.1 Å². The summed E-state index contributed by atoms with van der Waals surface area (Å²) in [5.74, 6) is 0. The van der Waals surface area contributed by atoms with Gasteiger partial charge in [-0.1, -0.05) is 59.3 Å². The van der Waals surface area contributed by atoms with Gasteiger partial charge in [0.15, 0.2) is 0 Å². The van der Waals surface area contributed by atoms with E-state index in [0.717, 1.165) is 11.8 Å². The summed E-state index contributed by atoms with van der Waals surface area (Å²) in [5, 5.41) is 0.920. The second-order valence-electron chi connectivity index (χ2n) is 2.66. The third-order valence-corrected chi connectivity index (χ3v) is 2.13. The number of alkyl halides is 1. The molecule has 0 aliphatic heterocycles. The molecule has 0 saturated carbocycles. The highest BCUT2D eigenvalue weighted by Crippen LogP contribution is 2.07. The van der Waals surface area contributed by atoms with E-state index < -0.39 is 0 Å². The van der Waals surface area contributed by atoms with Crippen molar-refractivity contribution in [3.05, 3.63) is 41.5 Å². The van der Waals surface area contributed by atoms with E-state index in [4.69, 9.17) is 0 Å². The zero-order chi connectivity index (χ0) is 8.81. The molecule has 0 bridgehead atoms. The summed E-state index contributed by atoms with van der Waals surface area (Å²) in [7, 11) is 0. The molecule has 0 nitrogen and oxygen atoms in total. The minimum atomic E-state index is 0.920. The Bertz CT molecular complexity index is 263. The predicted molar refractivity (Wildman–Crippen MR) is 58.6 cm³/mol. The Kier molecular flexibility index (Phi) is 4.09. The molecule has 1 heteroatoms. The van der Waals surface area contributed by atoms with Gasteiger partial charge in [-0.25, -0.2) is 0 Å². The molecule has 1 aromatic rings. The van der Waals surface area contributed by atoms with E-state index in [1.54, 1.807) is 0 Å². The normalized spacial score (nSPS) is 10.8. The smallest absolute Gasteiger partial charge is 0.0215 e. The monoisotopic (exact) mass is 224 g/mol. The van der Waals surface area contributed by atoms with Crippen LogP contribution in [0.2, 0.25) is 0 Å². The number of halogens is 1. The topological polar surface area (TPSA) is 0 Å². The van der Waals surface area contributed by atoms with Crippen molar-refractivity contribution in [2.75, 3.05) is 5.33 Å². The third kappa shape index (κ3) is 2.82. The van der Waals surface area contributed by atoms with E-state index in [-0.39, 0.29) is 0 Å². The summed E-state index contributed by atoms with van der Waals surface area (Å²) in [4.78, 5) is 0. The first-order valence-corrected chi connectivity index (χ1v) is 5.30. The standard InChI is InChI=1S/C11H13Br/c1-2-10-5-3-6-11(9-10)7-4-8-12/h3-7,9H,2,8H2,1H3. The quantitative estimate of drug-likeness (QED) is 0.688. The van der Waals surface area contributed by atoms with Crippen LogP contribution >= 0.6 is 15.9 Å². The Morgan fingerprint density at radius 2 is 2.25 bits per heavy atom. The fourth-order valence-electron chi connectivity index (χ4n) is 1.10. The summed E-state index contributed by atoms with van der Waals surface area (Å²) >= 11 is 3.36. The molecule has 12 heavy (non-hydrogen) atoms. The van der Waals surface area contributed by atoms with Crippen LogP contribution in [0.3, 0.4) is 0 Å². The second kappa shape index (κ2) is 5.15. The lowest BCUT2D eigenvalue weighted by molar-refractivity contribution is 1.14. The van der Waals surface area contributed by atoms with E-state index in [2.05, 4.69) is 59.3 Å². The molecule has 0 aliphatic rings. The molecule has 0 N–H and O–H groups in total. The molecular weight excluding hydrogens is 212 g/mol. The summed E-state index contributed by atoms with van der Waals surface area (Å²) in [6, 6.07) is 8.61. The molecule has 0 heterocycles. The van der Waals surface area contributed by atoms with Crippen LogP contribution in [-0.2, 0) is 6.42 Å². The number of rotatable bonds is 3. The summed E-state index contributed by atoms with van der Waals surface area (Å²) in [5.41, 5.74) is 2.68. The van der Waals surface area contributed by atoms with E-state index in [0.29, 0.717) is 0 Å². The van der Waals surface area contributed by atoms with Gasteiger partial charge in [0.2, 0.25) is 0 Å². The molecule has 0 amide bonds. The Labute approximate surface area is 82.4 Å². The number of benzene rings is 1. The Morgan fingerprint density at radius 3 is 2.92 bits per heavy atom. The number of hydrogen-bond donors (Lipinski definition) is 0.